The van der Waals surface area contributed by atoms with Gasteiger partial charge in [-0.15, -0.1) is 0 Å². The van der Waals surface area contributed by atoms with E-state index in [2.05, 4.69) is 5.32 Å². The molecule has 0 atom stereocenters. The lowest BCUT2D eigenvalue weighted by atomic mass is 10.2. The van der Waals surface area contributed by atoms with Crippen molar-refractivity contribution in [3.05, 3.63) is 58.1 Å². The number of nitro benzene ring substituents is 1. The van der Waals surface area contributed by atoms with E-state index in [-0.39, 0.29) is 5.69 Å². The van der Waals surface area contributed by atoms with Gasteiger partial charge < -0.3 is 10.1 Å². The maximum absolute atomic E-state index is 10.9. The maximum atomic E-state index is 10.9. The van der Waals surface area contributed by atoms with Crippen LogP contribution in [0.1, 0.15) is 12.5 Å². The molecule has 106 valence electrons. The molecule has 0 spiro atoms. The van der Waals surface area contributed by atoms with Crippen molar-refractivity contribution in [1.82, 2.24) is 0 Å². The van der Waals surface area contributed by atoms with Crippen LogP contribution in [0.3, 0.4) is 0 Å². The van der Waals surface area contributed by atoms with Crippen LogP contribution in [0.25, 0.3) is 0 Å². The number of benzene rings is 2. The van der Waals surface area contributed by atoms with E-state index in [1.807, 2.05) is 13.0 Å². The lowest BCUT2D eigenvalue weighted by molar-refractivity contribution is -0.384. The quantitative estimate of drug-likeness (QED) is 0.667. The molecule has 2 aromatic rings. The first kappa shape index (κ1) is 14.3. The van der Waals surface area contributed by atoms with E-state index in [1.165, 1.54) is 12.1 Å². The number of ether oxygens (including phenoxy) is 1. The Kier molecular flexibility index (Phi) is 4.36. The molecule has 1 N–H and O–H groups in total. The monoisotopic (exact) mass is 283 g/mol. The highest BCUT2D eigenvalue weighted by atomic mass is 16.6. The summed E-state index contributed by atoms with van der Waals surface area (Å²) >= 11 is 0. The molecule has 0 saturated carbocycles. The van der Waals surface area contributed by atoms with Crippen molar-refractivity contribution in [2.24, 2.45) is 0 Å². The molecule has 0 aliphatic carbocycles. The average molecular weight is 283 g/mol. The van der Waals surface area contributed by atoms with Crippen molar-refractivity contribution < 1.29 is 9.66 Å². The van der Waals surface area contributed by atoms with Crippen LogP contribution in [0.2, 0.25) is 0 Å². The molecule has 0 bridgehead atoms. The lowest BCUT2D eigenvalue weighted by Crippen LogP contribution is -2.01. The Morgan fingerprint density at radius 1 is 1.24 bits per heavy atom. The first-order valence-corrected chi connectivity index (χ1v) is 6.34. The van der Waals surface area contributed by atoms with Gasteiger partial charge in [-0.25, -0.2) is 0 Å². The number of rotatable bonds is 5. The smallest absolute Gasteiger partial charge is 0.292 e. The fraction of sp³-hybridized carbons (Fsp3) is 0.133. The summed E-state index contributed by atoms with van der Waals surface area (Å²) in [7, 11) is 0. The predicted molar refractivity (Wildman–Crippen MR) is 78.5 cm³/mol. The fourth-order valence-electron chi connectivity index (χ4n) is 1.80. The van der Waals surface area contributed by atoms with Gasteiger partial charge in [-0.05, 0) is 37.3 Å². The highest BCUT2D eigenvalue weighted by Gasteiger charge is 2.14. The summed E-state index contributed by atoms with van der Waals surface area (Å²) in [5.74, 6) is 1.05. The largest absolute Gasteiger partial charge is 0.457 e. The molecule has 6 heteroatoms. The maximum Gasteiger partial charge on any atom is 0.292 e. The minimum Gasteiger partial charge on any atom is -0.457 e. The molecule has 21 heavy (non-hydrogen) atoms. The van der Waals surface area contributed by atoms with E-state index in [9.17, 15) is 10.1 Å². The third-order valence-corrected chi connectivity index (χ3v) is 2.75. The molecule has 0 fully saturated rings. The van der Waals surface area contributed by atoms with Crippen LogP contribution in [0.4, 0.5) is 11.4 Å². The Balaban J connectivity index is 2.25. The zero-order valence-electron chi connectivity index (χ0n) is 11.4. The first-order chi connectivity index (χ1) is 10.1. The van der Waals surface area contributed by atoms with E-state index in [0.29, 0.717) is 29.3 Å². The third kappa shape index (κ3) is 3.48. The van der Waals surface area contributed by atoms with Crippen molar-refractivity contribution in [2.45, 2.75) is 6.92 Å². The first-order valence-electron chi connectivity index (χ1n) is 6.34. The van der Waals surface area contributed by atoms with Gasteiger partial charge in [-0.3, -0.25) is 10.1 Å². The molecule has 2 rings (SSSR count). The second kappa shape index (κ2) is 6.39. The van der Waals surface area contributed by atoms with E-state index < -0.39 is 4.92 Å². The lowest BCUT2D eigenvalue weighted by Gasteiger charge is -2.09. The van der Waals surface area contributed by atoms with Gasteiger partial charge in [0.05, 0.1) is 16.6 Å². The third-order valence-electron chi connectivity index (χ3n) is 2.75. The Morgan fingerprint density at radius 2 is 1.90 bits per heavy atom. The summed E-state index contributed by atoms with van der Waals surface area (Å²) in [5.41, 5.74) is 0.956. The minimum atomic E-state index is -0.441. The van der Waals surface area contributed by atoms with Crippen LogP contribution in [0, 0.1) is 21.4 Å². The van der Waals surface area contributed by atoms with Gasteiger partial charge in [0.25, 0.3) is 5.69 Å². The van der Waals surface area contributed by atoms with Crippen molar-refractivity contribution in [3.8, 4) is 17.6 Å². The van der Waals surface area contributed by atoms with Crippen molar-refractivity contribution >= 4 is 11.4 Å². The van der Waals surface area contributed by atoms with Gasteiger partial charge in [0.2, 0.25) is 0 Å². The van der Waals surface area contributed by atoms with Crippen LogP contribution in [0.5, 0.6) is 11.5 Å². The normalized spacial score (nSPS) is 9.71. The SMILES string of the molecule is CCNc1cc(Oc2ccc(C#N)cc2)ccc1[N+](=O)[O-]. The second-order valence-electron chi connectivity index (χ2n) is 4.20. The van der Waals surface area contributed by atoms with Gasteiger partial charge in [-0.2, -0.15) is 5.26 Å². The second-order valence-corrected chi connectivity index (χ2v) is 4.20. The number of hydrogen-bond acceptors (Lipinski definition) is 5. The van der Waals surface area contributed by atoms with E-state index >= 15 is 0 Å². The van der Waals surface area contributed by atoms with Crippen molar-refractivity contribution in [1.29, 1.82) is 5.26 Å². The average Bonchev–Trinajstić information content (AvgIpc) is 2.48. The topological polar surface area (TPSA) is 88.2 Å². The summed E-state index contributed by atoms with van der Waals surface area (Å²) < 4.78 is 5.63. The Bertz CT molecular complexity index is 690. The molecule has 0 radical (unpaired) electrons. The van der Waals surface area contributed by atoms with Gasteiger partial charge in [0.1, 0.15) is 17.2 Å². The van der Waals surface area contributed by atoms with Gasteiger partial charge in [0.15, 0.2) is 0 Å². The van der Waals surface area contributed by atoms with Crippen molar-refractivity contribution in [2.75, 3.05) is 11.9 Å². The number of nitro groups is 1. The molecule has 0 aromatic heterocycles. The van der Waals surface area contributed by atoms with Crippen LogP contribution in [-0.4, -0.2) is 11.5 Å². The predicted octanol–water partition coefficient (Wildman–Crippen LogP) is 3.69. The van der Waals surface area contributed by atoms with Gasteiger partial charge >= 0.3 is 0 Å². The molecular formula is C15H13N3O3. The minimum absolute atomic E-state index is 0.00373. The van der Waals surface area contributed by atoms with Crippen LogP contribution in [-0.2, 0) is 0 Å². The summed E-state index contributed by atoms with van der Waals surface area (Å²) in [6.07, 6.45) is 0. The van der Waals surface area contributed by atoms with Gasteiger partial charge in [-0.1, -0.05) is 0 Å². The van der Waals surface area contributed by atoms with Gasteiger partial charge in [0, 0.05) is 18.7 Å². The van der Waals surface area contributed by atoms with E-state index in [1.54, 1.807) is 30.3 Å². The molecule has 0 heterocycles. The highest BCUT2D eigenvalue weighted by molar-refractivity contribution is 5.64. The summed E-state index contributed by atoms with van der Waals surface area (Å²) in [6.45, 7) is 2.43. The standard InChI is InChI=1S/C15H13N3O3/c1-2-17-14-9-13(7-8-15(14)18(19)20)21-12-5-3-11(10-16)4-6-12/h3-9,17H,2H2,1H3. The molecule has 6 nitrogen and oxygen atoms in total. The number of nitrogens with one attached hydrogen (secondary N) is 1. The summed E-state index contributed by atoms with van der Waals surface area (Å²) in [6, 6.07) is 13.2. The zero-order valence-corrected chi connectivity index (χ0v) is 11.4. The van der Waals surface area contributed by atoms with Crippen LogP contribution >= 0.6 is 0 Å². The van der Waals surface area contributed by atoms with Crippen LogP contribution < -0.4 is 10.1 Å². The number of anilines is 1. The van der Waals surface area contributed by atoms with Crippen molar-refractivity contribution in [3.63, 3.8) is 0 Å². The Morgan fingerprint density at radius 3 is 2.48 bits per heavy atom. The Labute approximate surface area is 121 Å². The van der Waals surface area contributed by atoms with E-state index in [4.69, 9.17) is 10.00 Å². The fourth-order valence-corrected chi connectivity index (χ4v) is 1.80. The van der Waals surface area contributed by atoms with Crippen LogP contribution in [0.15, 0.2) is 42.5 Å². The van der Waals surface area contributed by atoms with E-state index in [0.717, 1.165) is 0 Å². The molecule has 0 unspecified atom stereocenters. The molecule has 0 saturated heterocycles. The molecule has 0 amide bonds. The molecule has 0 aliphatic heterocycles. The summed E-state index contributed by atoms with van der Waals surface area (Å²) in [4.78, 5) is 10.5. The summed E-state index contributed by atoms with van der Waals surface area (Å²) in [5, 5.41) is 22.6. The molecule has 2 aromatic carbocycles. The number of nitrogens with zero attached hydrogens (tertiary/aromatic N) is 2. The number of hydrogen-bond donors (Lipinski definition) is 1. The Hall–Kier alpha value is -3.07. The highest BCUT2D eigenvalue weighted by Crippen LogP contribution is 2.31. The zero-order chi connectivity index (χ0) is 15.2. The number of nitriles is 1. The molecule has 0 aliphatic rings. The molecular weight excluding hydrogens is 270 g/mol.